The average Bonchev–Trinajstić information content (AvgIpc) is 3.39. The molecule has 0 radical (unpaired) electrons. The van der Waals surface area contributed by atoms with Gasteiger partial charge in [0.1, 0.15) is 12.0 Å². The summed E-state index contributed by atoms with van der Waals surface area (Å²) in [6, 6.07) is 6.22. The van der Waals surface area contributed by atoms with Crippen molar-refractivity contribution < 1.29 is 14.2 Å². The lowest BCUT2D eigenvalue weighted by Crippen LogP contribution is -2.36. The number of nitrogens with zero attached hydrogens (tertiary/aromatic N) is 5. The van der Waals surface area contributed by atoms with E-state index in [1.165, 1.54) is 7.11 Å². The van der Waals surface area contributed by atoms with Crippen molar-refractivity contribution in [3.8, 4) is 11.8 Å². The van der Waals surface area contributed by atoms with Gasteiger partial charge >= 0.3 is 6.01 Å². The standard InChI is InChI=1S/C22H27FN6O2/c1-13-7-14-10-25-29(19(14)8-17(13)16-3-5-24-11-18(16)23)21-9-20(26-22(27-21)31-2)28-6-4-15(30)12-28/h7-10,15-16,18,24,30H,3-6,11-12H2,1-2H3/t15?,16-,18-/m0/s1. The molecule has 0 saturated carbocycles. The maximum atomic E-state index is 14.7. The molecule has 9 heteroatoms. The van der Waals surface area contributed by atoms with E-state index in [-0.39, 0.29) is 18.0 Å². The Balaban J connectivity index is 1.59. The molecule has 0 aliphatic carbocycles. The number of fused-ring (bicyclic) bond motifs is 1. The van der Waals surface area contributed by atoms with Crippen molar-refractivity contribution in [3.63, 3.8) is 0 Å². The van der Waals surface area contributed by atoms with Gasteiger partial charge in [-0.3, -0.25) is 0 Å². The van der Waals surface area contributed by atoms with Crippen molar-refractivity contribution in [2.24, 2.45) is 0 Å². The van der Waals surface area contributed by atoms with Crippen LogP contribution in [0.4, 0.5) is 10.2 Å². The fraction of sp³-hybridized carbons (Fsp3) is 0.500. The zero-order chi connectivity index (χ0) is 21.5. The summed E-state index contributed by atoms with van der Waals surface area (Å²) in [4.78, 5) is 11.0. The molecule has 2 aliphatic heterocycles. The minimum atomic E-state index is -0.909. The number of aryl methyl sites for hydroxylation is 1. The normalized spacial score (nSPS) is 24.1. The fourth-order valence-corrected chi connectivity index (χ4v) is 4.67. The Morgan fingerprint density at radius 3 is 2.77 bits per heavy atom. The topological polar surface area (TPSA) is 88.3 Å². The molecule has 1 unspecified atom stereocenters. The first-order valence-electron chi connectivity index (χ1n) is 10.7. The van der Waals surface area contributed by atoms with Crippen LogP contribution in [0.5, 0.6) is 6.01 Å². The largest absolute Gasteiger partial charge is 0.467 e. The number of aliphatic hydroxyl groups excluding tert-OH is 1. The number of anilines is 1. The van der Waals surface area contributed by atoms with Gasteiger partial charge < -0.3 is 20.1 Å². The minimum absolute atomic E-state index is 0.129. The van der Waals surface area contributed by atoms with Crippen molar-refractivity contribution in [3.05, 3.63) is 35.5 Å². The van der Waals surface area contributed by atoms with Gasteiger partial charge in [0.2, 0.25) is 0 Å². The predicted octanol–water partition coefficient (Wildman–Crippen LogP) is 2.12. The maximum Gasteiger partial charge on any atom is 0.320 e. The molecule has 2 aromatic heterocycles. The van der Waals surface area contributed by atoms with E-state index in [0.29, 0.717) is 31.1 Å². The number of nitrogens with one attached hydrogen (secondary N) is 1. The first-order chi connectivity index (χ1) is 15.0. The van der Waals surface area contributed by atoms with Crippen LogP contribution < -0.4 is 15.0 Å². The third-order valence-electron chi connectivity index (χ3n) is 6.33. The predicted molar refractivity (Wildman–Crippen MR) is 116 cm³/mol. The van der Waals surface area contributed by atoms with Gasteiger partial charge in [0, 0.05) is 37.0 Å². The minimum Gasteiger partial charge on any atom is -0.467 e. The number of methoxy groups -OCH3 is 1. The zero-order valence-electron chi connectivity index (χ0n) is 17.8. The van der Waals surface area contributed by atoms with E-state index in [1.54, 1.807) is 10.9 Å². The van der Waals surface area contributed by atoms with Crippen molar-refractivity contribution in [1.82, 2.24) is 25.1 Å². The molecule has 2 saturated heterocycles. The molecule has 3 atom stereocenters. The highest BCUT2D eigenvalue weighted by Gasteiger charge is 2.28. The first-order valence-corrected chi connectivity index (χ1v) is 10.7. The van der Waals surface area contributed by atoms with E-state index in [0.717, 1.165) is 41.5 Å². The van der Waals surface area contributed by atoms with Crippen LogP contribution in [0.1, 0.15) is 29.9 Å². The lowest BCUT2D eigenvalue weighted by atomic mass is 9.85. The van der Waals surface area contributed by atoms with Crippen molar-refractivity contribution in [2.75, 3.05) is 38.2 Å². The third-order valence-corrected chi connectivity index (χ3v) is 6.33. The molecular weight excluding hydrogens is 399 g/mol. The number of hydrogen-bond donors (Lipinski definition) is 2. The summed E-state index contributed by atoms with van der Waals surface area (Å²) in [6.07, 6.45) is 2.00. The van der Waals surface area contributed by atoms with Gasteiger partial charge in [0.25, 0.3) is 0 Å². The van der Waals surface area contributed by atoms with Crippen LogP contribution in [0, 0.1) is 6.92 Å². The van der Waals surface area contributed by atoms with Gasteiger partial charge in [0.15, 0.2) is 5.82 Å². The van der Waals surface area contributed by atoms with Crippen LogP contribution >= 0.6 is 0 Å². The quantitative estimate of drug-likeness (QED) is 0.661. The number of aromatic nitrogens is 4. The monoisotopic (exact) mass is 426 g/mol. The Hall–Kier alpha value is -2.78. The Morgan fingerprint density at radius 1 is 1.19 bits per heavy atom. The molecule has 0 spiro atoms. The Labute approximate surface area is 180 Å². The van der Waals surface area contributed by atoms with Crippen LogP contribution in [-0.4, -0.2) is 70.4 Å². The van der Waals surface area contributed by atoms with E-state index >= 15 is 0 Å². The number of hydrogen-bond acceptors (Lipinski definition) is 7. The second-order valence-electron chi connectivity index (χ2n) is 8.40. The number of piperidine rings is 1. The lowest BCUT2D eigenvalue weighted by Gasteiger charge is -2.28. The molecule has 2 aliphatic rings. The van der Waals surface area contributed by atoms with Gasteiger partial charge in [-0.15, -0.1) is 0 Å². The van der Waals surface area contributed by atoms with Crippen LogP contribution in [0.15, 0.2) is 24.4 Å². The first kappa shape index (κ1) is 20.1. The molecular formula is C22H27FN6O2. The van der Waals surface area contributed by atoms with Crippen LogP contribution in [-0.2, 0) is 0 Å². The average molecular weight is 426 g/mol. The lowest BCUT2D eigenvalue weighted by molar-refractivity contribution is 0.198. The molecule has 164 valence electrons. The molecule has 8 nitrogen and oxygen atoms in total. The zero-order valence-corrected chi connectivity index (χ0v) is 17.8. The van der Waals surface area contributed by atoms with Crippen molar-refractivity contribution in [2.45, 2.75) is 38.0 Å². The number of rotatable bonds is 4. The second-order valence-corrected chi connectivity index (χ2v) is 8.40. The van der Waals surface area contributed by atoms with Gasteiger partial charge in [-0.1, -0.05) is 0 Å². The molecule has 2 N–H and O–H groups in total. The highest BCUT2D eigenvalue weighted by atomic mass is 19.1. The van der Waals surface area contributed by atoms with Gasteiger partial charge in [-0.25, -0.2) is 9.07 Å². The molecule has 5 rings (SSSR count). The van der Waals surface area contributed by atoms with Crippen LogP contribution in [0.3, 0.4) is 0 Å². The summed E-state index contributed by atoms with van der Waals surface area (Å²) >= 11 is 0. The van der Waals surface area contributed by atoms with Gasteiger partial charge in [-0.05, 0) is 49.6 Å². The molecule has 0 amide bonds. The van der Waals surface area contributed by atoms with Crippen molar-refractivity contribution >= 4 is 16.7 Å². The van der Waals surface area contributed by atoms with Gasteiger partial charge in [0.05, 0.1) is 24.9 Å². The summed E-state index contributed by atoms with van der Waals surface area (Å²) in [5, 5.41) is 18.6. The van der Waals surface area contributed by atoms with E-state index in [1.807, 2.05) is 24.0 Å². The number of β-amino-alcohol motifs (C(OH)–C–C–N with tert-alkyl or cyclic N) is 1. The van der Waals surface area contributed by atoms with E-state index in [2.05, 4.69) is 26.4 Å². The Bertz CT molecular complexity index is 1100. The number of aliphatic hydroxyl groups is 1. The smallest absolute Gasteiger partial charge is 0.320 e. The summed E-state index contributed by atoms with van der Waals surface area (Å²) in [5.41, 5.74) is 2.97. The van der Waals surface area contributed by atoms with Crippen LogP contribution in [0.25, 0.3) is 16.7 Å². The van der Waals surface area contributed by atoms with E-state index in [4.69, 9.17) is 4.74 Å². The summed E-state index contributed by atoms with van der Waals surface area (Å²) in [7, 11) is 1.53. The van der Waals surface area contributed by atoms with Crippen LogP contribution in [0.2, 0.25) is 0 Å². The highest BCUT2D eigenvalue weighted by molar-refractivity contribution is 5.82. The van der Waals surface area contributed by atoms with E-state index < -0.39 is 6.17 Å². The summed E-state index contributed by atoms with van der Waals surface area (Å²) < 4.78 is 21.8. The molecule has 2 fully saturated rings. The Morgan fingerprint density at radius 2 is 2.03 bits per heavy atom. The molecule has 1 aromatic carbocycles. The fourth-order valence-electron chi connectivity index (χ4n) is 4.67. The molecule has 3 aromatic rings. The second kappa shape index (κ2) is 8.05. The number of halogens is 1. The Kier molecular flexibility index (Phi) is 5.23. The molecule has 4 heterocycles. The van der Waals surface area contributed by atoms with Gasteiger partial charge in [-0.2, -0.15) is 15.1 Å². The SMILES string of the molecule is COc1nc(N2CCC(O)C2)cc(-n2ncc3cc(C)c([C@@H]4CCNC[C@@H]4F)cc32)n1. The number of ether oxygens (including phenoxy) is 1. The third kappa shape index (κ3) is 3.72. The number of alkyl halides is 1. The summed E-state index contributed by atoms with van der Waals surface area (Å²) in [6.45, 7) is 4.48. The summed E-state index contributed by atoms with van der Waals surface area (Å²) in [5.74, 6) is 1.14. The highest BCUT2D eigenvalue weighted by Crippen LogP contribution is 2.33. The number of benzene rings is 1. The van der Waals surface area contributed by atoms with Crippen molar-refractivity contribution in [1.29, 1.82) is 0 Å². The molecule has 31 heavy (non-hydrogen) atoms. The van der Waals surface area contributed by atoms with E-state index in [9.17, 15) is 9.50 Å². The maximum absolute atomic E-state index is 14.7. The molecule has 0 bridgehead atoms.